The van der Waals surface area contributed by atoms with E-state index in [1.165, 1.54) is 0 Å². The lowest BCUT2D eigenvalue weighted by Crippen LogP contribution is -2.56. The van der Waals surface area contributed by atoms with E-state index >= 15 is 0 Å². The quantitative estimate of drug-likeness (QED) is 0.0901. The van der Waals surface area contributed by atoms with Crippen LogP contribution in [-0.4, -0.2) is 135 Å². The van der Waals surface area contributed by atoms with Crippen LogP contribution in [0.15, 0.2) is 121 Å². The fourth-order valence-corrected chi connectivity index (χ4v) is 12.1. The Morgan fingerprint density at radius 2 is 0.768 bits per heavy atom. The van der Waals surface area contributed by atoms with Gasteiger partial charge in [0.25, 0.3) is 11.8 Å². The Kier molecular flexibility index (Phi) is 18.6. The van der Waals surface area contributed by atoms with Gasteiger partial charge in [0.05, 0.1) is 70.3 Å². The maximum absolute atomic E-state index is 13.8. The molecule has 4 saturated heterocycles. The van der Waals surface area contributed by atoms with Gasteiger partial charge in [-0.15, -0.1) is 0 Å². The van der Waals surface area contributed by atoms with Crippen molar-refractivity contribution in [3.63, 3.8) is 0 Å². The molecule has 0 radical (unpaired) electrons. The third-order valence-corrected chi connectivity index (χ3v) is 16.7. The number of aryl methyl sites for hydroxylation is 4. The van der Waals surface area contributed by atoms with Gasteiger partial charge < -0.3 is 50.2 Å². The zero-order valence-electron chi connectivity index (χ0n) is 47.4. The number of nitriles is 4. The summed E-state index contributed by atoms with van der Waals surface area (Å²) in [6.07, 6.45) is 3.72. The smallest absolute Gasteiger partial charge is 0.254 e. The van der Waals surface area contributed by atoms with Crippen molar-refractivity contribution in [3.8, 4) is 24.3 Å². The maximum atomic E-state index is 13.8. The van der Waals surface area contributed by atoms with Gasteiger partial charge in [-0.1, -0.05) is 60.7 Å². The number of piperazine rings is 2. The summed E-state index contributed by atoms with van der Waals surface area (Å²) >= 11 is 0. The number of carbonyl (C=O) groups excluding carboxylic acids is 2. The third kappa shape index (κ3) is 12.8. The van der Waals surface area contributed by atoms with Gasteiger partial charge in [-0.25, -0.2) is 0 Å². The summed E-state index contributed by atoms with van der Waals surface area (Å²) < 4.78 is 0. The lowest BCUT2D eigenvalue weighted by Gasteiger charge is -2.42. The average molecular weight is 1100 g/mol. The summed E-state index contributed by atoms with van der Waals surface area (Å²) in [7, 11) is 0. The van der Waals surface area contributed by atoms with Crippen molar-refractivity contribution >= 4 is 45.9 Å². The summed E-state index contributed by atoms with van der Waals surface area (Å²) in [5, 5.41) is 65.9. The lowest BCUT2D eigenvalue weighted by molar-refractivity contribution is 0.0690. The van der Waals surface area contributed by atoms with Crippen molar-refractivity contribution in [2.24, 2.45) is 0 Å². The van der Waals surface area contributed by atoms with E-state index in [0.29, 0.717) is 72.6 Å². The molecule has 6 aromatic rings. The zero-order valence-corrected chi connectivity index (χ0v) is 47.4. The molecule has 6 aromatic carbocycles. The molecular weight excluding hydrogens is 1020 g/mol. The molecule has 4 aliphatic heterocycles. The van der Waals surface area contributed by atoms with Gasteiger partial charge in [-0.2, -0.15) is 21.0 Å². The van der Waals surface area contributed by atoms with Crippen LogP contribution in [0.5, 0.6) is 0 Å². The summed E-state index contributed by atoms with van der Waals surface area (Å²) in [5.74, 6) is -0.0831. The minimum atomic E-state index is -0.290. The number of nitrogens with one attached hydrogen (secondary N) is 2. The molecule has 4 aliphatic rings. The van der Waals surface area contributed by atoms with Crippen LogP contribution in [0.2, 0.25) is 0 Å². The predicted octanol–water partition coefficient (Wildman–Crippen LogP) is 8.90. The summed E-state index contributed by atoms with van der Waals surface area (Å²) in [6, 6.07) is 47.4. The molecule has 0 aliphatic carbocycles. The normalized spacial score (nSPS) is 17.6. The van der Waals surface area contributed by atoms with Crippen molar-refractivity contribution in [2.45, 2.75) is 77.5 Å². The standard InChI is InChI=1S/2C33H36N6O2/c2*1-23-17-24(2)30(36-27-11-13-37(14-12-27)31-9-5-3-7-25(31)19-34)18-29(23)33(41)38-15-16-39(28(21-38)22-40)32-10-6-4-8-26(32)20-35/h2*3-10,17-18,27-28,36,40H,11-16,21-22H2,1-2H3/t2*28-/m10/s1. The highest BCUT2D eigenvalue weighted by atomic mass is 16.3. The first-order chi connectivity index (χ1) is 39.9. The molecular formula is C66H72N12O4. The Labute approximate surface area is 482 Å². The number of aliphatic hydroxyl groups is 2. The number of amides is 2. The van der Waals surface area contributed by atoms with Gasteiger partial charge in [0.2, 0.25) is 0 Å². The molecule has 2 amide bonds. The number of hydrogen-bond acceptors (Lipinski definition) is 14. The van der Waals surface area contributed by atoms with E-state index in [-0.39, 0.29) is 49.2 Å². The van der Waals surface area contributed by atoms with Gasteiger partial charge in [0.15, 0.2) is 0 Å². The first-order valence-electron chi connectivity index (χ1n) is 28.4. The zero-order chi connectivity index (χ0) is 57.9. The van der Waals surface area contributed by atoms with Crippen LogP contribution in [0.3, 0.4) is 0 Å². The molecule has 10 rings (SSSR count). The summed E-state index contributed by atoms with van der Waals surface area (Å²) in [6.45, 7) is 14.1. The molecule has 16 nitrogen and oxygen atoms in total. The number of para-hydroxylation sites is 4. The van der Waals surface area contributed by atoms with Crippen LogP contribution in [-0.2, 0) is 0 Å². The van der Waals surface area contributed by atoms with Gasteiger partial charge >= 0.3 is 0 Å². The lowest BCUT2D eigenvalue weighted by atomic mass is 9.99. The van der Waals surface area contributed by atoms with E-state index in [9.17, 15) is 40.8 Å². The number of anilines is 6. The second-order valence-electron chi connectivity index (χ2n) is 21.9. The molecule has 4 N–H and O–H groups in total. The average Bonchev–Trinajstić information content (AvgIpc) is 3.53. The Bertz CT molecular complexity index is 3220. The van der Waals surface area contributed by atoms with Gasteiger partial charge in [-0.05, 0) is 136 Å². The highest BCUT2D eigenvalue weighted by Gasteiger charge is 2.34. The number of nitrogens with zero attached hydrogens (tertiary/aromatic N) is 10. The number of carbonyl (C=O) groups is 2. The molecule has 0 unspecified atom stereocenters. The maximum Gasteiger partial charge on any atom is 0.254 e. The summed E-state index contributed by atoms with van der Waals surface area (Å²) in [5.41, 5.74) is 13.4. The molecule has 420 valence electrons. The monoisotopic (exact) mass is 1100 g/mol. The van der Waals surface area contributed by atoms with Crippen molar-refractivity contribution in [1.82, 2.24) is 9.80 Å². The second-order valence-corrected chi connectivity index (χ2v) is 21.9. The van der Waals surface area contributed by atoms with Crippen molar-refractivity contribution in [1.29, 1.82) is 21.0 Å². The number of piperidine rings is 2. The van der Waals surface area contributed by atoms with E-state index in [4.69, 9.17) is 0 Å². The molecule has 0 spiro atoms. The number of benzene rings is 6. The van der Waals surface area contributed by atoms with Crippen LogP contribution in [0.4, 0.5) is 34.1 Å². The third-order valence-electron chi connectivity index (χ3n) is 16.7. The Morgan fingerprint density at radius 3 is 1.10 bits per heavy atom. The molecule has 0 aromatic heterocycles. The molecule has 0 bridgehead atoms. The van der Waals surface area contributed by atoms with Crippen LogP contribution in [0.25, 0.3) is 0 Å². The first-order valence-corrected chi connectivity index (χ1v) is 28.4. The van der Waals surface area contributed by atoms with Crippen molar-refractivity contribution in [3.05, 3.63) is 177 Å². The van der Waals surface area contributed by atoms with E-state index in [2.05, 4.69) is 70.7 Å². The van der Waals surface area contributed by atoms with E-state index in [1.807, 2.05) is 131 Å². The first kappa shape index (κ1) is 57.6. The van der Waals surface area contributed by atoms with Crippen LogP contribution in [0, 0.1) is 73.0 Å². The fraction of sp³-hybridized carbons (Fsp3) is 0.364. The molecule has 16 heteroatoms. The van der Waals surface area contributed by atoms with Crippen LogP contribution in [0.1, 0.15) is 90.9 Å². The van der Waals surface area contributed by atoms with E-state index < -0.39 is 0 Å². The molecule has 82 heavy (non-hydrogen) atoms. The molecule has 4 heterocycles. The summed E-state index contributed by atoms with van der Waals surface area (Å²) in [4.78, 5) is 39.8. The Balaban J connectivity index is 0.000000198. The van der Waals surface area contributed by atoms with Crippen LogP contribution >= 0.6 is 0 Å². The SMILES string of the molecule is Cc1cc(C)c(C(=O)N2CCN(c3ccccc3C#N)[C@@H](CO)C2)cc1NC1CCN(c2ccccc2C#N)CC1.Cc1cc(C)c(C(=O)N2CCN(c3ccccc3C#N)[C@H](CO)C2)cc1NC1CCN(c2ccccc2C#N)CC1. The minimum Gasteiger partial charge on any atom is -0.394 e. The van der Waals surface area contributed by atoms with E-state index in [0.717, 1.165) is 108 Å². The van der Waals surface area contributed by atoms with Gasteiger partial charge in [-0.3, -0.25) is 9.59 Å². The van der Waals surface area contributed by atoms with Gasteiger partial charge in [0.1, 0.15) is 24.3 Å². The topological polar surface area (TPSA) is 213 Å². The fourth-order valence-electron chi connectivity index (χ4n) is 12.1. The van der Waals surface area contributed by atoms with E-state index in [1.54, 1.807) is 12.1 Å². The minimum absolute atomic E-state index is 0.0415. The number of hydrogen-bond donors (Lipinski definition) is 4. The number of rotatable bonds is 12. The van der Waals surface area contributed by atoms with Crippen molar-refractivity contribution < 1.29 is 19.8 Å². The molecule has 2 atom stereocenters. The molecule has 0 saturated carbocycles. The largest absolute Gasteiger partial charge is 0.394 e. The van der Waals surface area contributed by atoms with Crippen LogP contribution < -0.4 is 30.2 Å². The Morgan fingerprint density at radius 1 is 0.451 bits per heavy atom. The Hall–Kier alpha value is -9.06. The highest BCUT2D eigenvalue weighted by Crippen LogP contribution is 2.33. The predicted molar refractivity (Wildman–Crippen MR) is 322 cm³/mol. The van der Waals surface area contributed by atoms with Gasteiger partial charge in [0, 0.05) is 100 Å². The van der Waals surface area contributed by atoms with Crippen molar-refractivity contribution in [2.75, 3.05) is 109 Å². The molecule has 4 fully saturated rings. The highest BCUT2D eigenvalue weighted by molar-refractivity contribution is 5.98. The number of aliphatic hydroxyl groups excluding tert-OH is 2. The second kappa shape index (κ2) is 26.5.